The molecule has 6 nitrogen and oxygen atoms in total. The zero-order chi connectivity index (χ0) is 29.5. The first-order valence-electron chi connectivity index (χ1n) is 13.7. The zero-order valence-corrected chi connectivity index (χ0v) is 23.7. The van der Waals surface area contributed by atoms with Crippen molar-refractivity contribution in [1.82, 2.24) is 0 Å². The van der Waals surface area contributed by atoms with Crippen molar-refractivity contribution in [3.63, 3.8) is 0 Å². The van der Waals surface area contributed by atoms with Crippen LogP contribution in [-0.2, 0) is 25.5 Å². The summed E-state index contributed by atoms with van der Waals surface area (Å²) in [5, 5.41) is 0. The van der Waals surface area contributed by atoms with Crippen molar-refractivity contribution >= 4 is 18.0 Å². The number of halogens is 1. The number of carbonyl (C=O) groups is 2. The molecule has 0 heterocycles. The second-order valence-electron chi connectivity index (χ2n) is 9.58. The Bertz CT molecular complexity index is 1310. The number of hydrogen-bond acceptors (Lipinski definition) is 6. The lowest BCUT2D eigenvalue weighted by Crippen LogP contribution is -2.06. The van der Waals surface area contributed by atoms with Gasteiger partial charge in [-0.25, -0.2) is 14.0 Å². The number of benzene rings is 3. The Balaban J connectivity index is 1.42. The number of rotatable bonds is 16. The molecule has 216 valence electrons. The van der Waals surface area contributed by atoms with Gasteiger partial charge >= 0.3 is 11.9 Å². The fraction of sp³-hybridized carbons (Fsp3) is 0.294. The third kappa shape index (κ3) is 11.0. The van der Waals surface area contributed by atoms with E-state index in [9.17, 15) is 14.0 Å². The number of unbranched alkanes of at least 4 members (excludes halogenated alkanes) is 3. The average Bonchev–Trinajstić information content (AvgIpc) is 2.97. The van der Waals surface area contributed by atoms with Gasteiger partial charge in [-0.1, -0.05) is 43.0 Å². The summed E-state index contributed by atoms with van der Waals surface area (Å²) in [7, 11) is 1.65. The van der Waals surface area contributed by atoms with E-state index in [0.717, 1.165) is 43.2 Å². The lowest BCUT2D eigenvalue weighted by Gasteiger charge is -2.09. The predicted octanol–water partition coefficient (Wildman–Crippen LogP) is 7.36. The van der Waals surface area contributed by atoms with Gasteiger partial charge in [-0.2, -0.15) is 0 Å². The maximum atomic E-state index is 14.9. The van der Waals surface area contributed by atoms with E-state index in [1.165, 1.54) is 18.2 Å². The fourth-order valence-corrected chi connectivity index (χ4v) is 3.89. The molecule has 3 rings (SSSR count). The maximum absolute atomic E-state index is 14.9. The number of esters is 2. The highest BCUT2D eigenvalue weighted by atomic mass is 19.1. The van der Waals surface area contributed by atoms with E-state index in [-0.39, 0.29) is 5.97 Å². The van der Waals surface area contributed by atoms with Crippen LogP contribution >= 0.6 is 0 Å². The minimum atomic E-state index is -0.543. The first kappa shape index (κ1) is 31.3. The smallest absolute Gasteiger partial charge is 0.336 e. The summed E-state index contributed by atoms with van der Waals surface area (Å²) in [5.41, 5.74) is 3.23. The third-order valence-electron chi connectivity index (χ3n) is 6.20. The summed E-state index contributed by atoms with van der Waals surface area (Å²) in [5.74, 6) is -0.131. The SMILES string of the molecule is C=C(C)C(=O)OCCCCCCOc1ccc(-c2ccc(/C=C/C(=O)Oc3ccc(CCOC)cc3)cc2F)cc1. The van der Waals surface area contributed by atoms with Crippen LogP contribution in [0.1, 0.15) is 43.7 Å². The summed E-state index contributed by atoms with van der Waals surface area (Å²) in [6.45, 7) is 6.78. The molecule has 0 fully saturated rings. The van der Waals surface area contributed by atoms with E-state index >= 15 is 0 Å². The van der Waals surface area contributed by atoms with E-state index in [1.54, 1.807) is 38.3 Å². The first-order chi connectivity index (χ1) is 19.9. The van der Waals surface area contributed by atoms with Crippen molar-refractivity contribution in [2.75, 3.05) is 26.9 Å². The van der Waals surface area contributed by atoms with E-state index in [2.05, 4.69) is 6.58 Å². The highest BCUT2D eigenvalue weighted by Crippen LogP contribution is 2.26. The van der Waals surface area contributed by atoms with Crippen molar-refractivity contribution in [1.29, 1.82) is 0 Å². The van der Waals surface area contributed by atoms with Gasteiger partial charge in [-0.3, -0.25) is 0 Å². The molecule has 0 unspecified atom stereocenters. The summed E-state index contributed by atoms with van der Waals surface area (Å²) in [4.78, 5) is 23.5. The molecule has 3 aromatic carbocycles. The van der Waals surface area contributed by atoms with Gasteiger partial charge in [0.2, 0.25) is 0 Å². The molecule has 3 aromatic rings. The van der Waals surface area contributed by atoms with E-state index in [0.29, 0.717) is 48.0 Å². The van der Waals surface area contributed by atoms with Gasteiger partial charge in [0.25, 0.3) is 0 Å². The fourth-order valence-electron chi connectivity index (χ4n) is 3.89. The average molecular weight is 561 g/mol. The van der Waals surface area contributed by atoms with Crippen LogP contribution in [0.4, 0.5) is 4.39 Å². The maximum Gasteiger partial charge on any atom is 0.336 e. The number of ether oxygens (including phenoxy) is 4. The standard InChI is InChI=1S/C34H37FO6/c1-25(2)34(37)40-22-7-5-4-6-21-39-29-16-12-28(13-17-29)31-18-10-27(24-32(31)35)11-19-33(36)41-30-14-8-26(9-15-30)20-23-38-3/h8-19,24H,1,4-7,20-23H2,2-3H3/b19-11+. The predicted molar refractivity (Wildman–Crippen MR) is 158 cm³/mol. The van der Waals surface area contributed by atoms with Crippen LogP contribution in [-0.4, -0.2) is 38.9 Å². The van der Waals surface area contributed by atoms with Gasteiger partial charge in [-0.15, -0.1) is 0 Å². The van der Waals surface area contributed by atoms with Crippen LogP contribution in [0.3, 0.4) is 0 Å². The summed E-state index contributed by atoms with van der Waals surface area (Å²) >= 11 is 0. The molecule has 0 aliphatic rings. The highest BCUT2D eigenvalue weighted by molar-refractivity contribution is 5.89. The Morgan fingerprint density at radius 2 is 1.54 bits per heavy atom. The molecule has 0 radical (unpaired) electrons. The van der Waals surface area contributed by atoms with Crippen molar-refractivity contribution in [3.8, 4) is 22.6 Å². The minimum absolute atomic E-state index is 0.348. The molecule has 0 aromatic heterocycles. The van der Waals surface area contributed by atoms with Gasteiger partial charge in [0, 0.05) is 24.3 Å². The van der Waals surface area contributed by atoms with Gasteiger partial charge in [0.1, 0.15) is 17.3 Å². The Hall–Kier alpha value is -4.23. The molecule has 7 heteroatoms. The highest BCUT2D eigenvalue weighted by Gasteiger charge is 2.07. The number of carbonyl (C=O) groups excluding carboxylic acids is 2. The van der Waals surface area contributed by atoms with Crippen LogP contribution < -0.4 is 9.47 Å². The third-order valence-corrected chi connectivity index (χ3v) is 6.20. The quantitative estimate of drug-likeness (QED) is 0.0789. The number of hydrogen-bond donors (Lipinski definition) is 0. The zero-order valence-electron chi connectivity index (χ0n) is 23.7. The Morgan fingerprint density at radius 1 is 0.854 bits per heavy atom. The van der Waals surface area contributed by atoms with Crippen LogP contribution in [0.15, 0.2) is 85.0 Å². The molecule has 0 amide bonds. The first-order valence-corrected chi connectivity index (χ1v) is 13.7. The molecular weight excluding hydrogens is 523 g/mol. The van der Waals surface area contributed by atoms with Gasteiger partial charge < -0.3 is 18.9 Å². The summed E-state index contributed by atoms with van der Waals surface area (Å²) in [6, 6.07) is 19.3. The van der Waals surface area contributed by atoms with E-state index < -0.39 is 11.8 Å². The van der Waals surface area contributed by atoms with Crippen molar-refractivity contribution in [2.45, 2.75) is 39.0 Å². The number of methoxy groups -OCH3 is 1. The molecule has 0 aliphatic heterocycles. The normalized spacial score (nSPS) is 10.9. The largest absolute Gasteiger partial charge is 0.494 e. The monoisotopic (exact) mass is 560 g/mol. The van der Waals surface area contributed by atoms with Gasteiger partial charge in [0.15, 0.2) is 0 Å². The van der Waals surface area contributed by atoms with Crippen molar-refractivity contribution in [3.05, 3.63) is 102 Å². The molecule has 0 spiro atoms. The van der Waals surface area contributed by atoms with Gasteiger partial charge in [-0.05, 0) is 92.1 Å². The lowest BCUT2D eigenvalue weighted by atomic mass is 10.0. The minimum Gasteiger partial charge on any atom is -0.494 e. The topological polar surface area (TPSA) is 71.1 Å². The van der Waals surface area contributed by atoms with E-state index in [1.807, 2.05) is 36.4 Å². The lowest BCUT2D eigenvalue weighted by molar-refractivity contribution is -0.139. The van der Waals surface area contributed by atoms with Gasteiger partial charge in [0.05, 0.1) is 19.8 Å². The van der Waals surface area contributed by atoms with E-state index in [4.69, 9.17) is 18.9 Å². The molecule has 0 saturated heterocycles. The second-order valence-corrected chi connectivity index (χ2v) is 9.58. The molecule has 0 N–H and O–H groups in total. The molecule has 0 bridgehead atoms. The second kappa shape index (κ2) is 16.8. The molecule has 0 aliphatic carbocycles. The summed E-state index contributed by atoms with van der Waals surface area (Å²) < 4.78 is 36.1. The van der Waals surface area contributed by atoms with Crippen LogP contribution in [0.25, 0.3) is 17.2 Å². The molecular formula is C34H37FO6. The van der Waals surface area contributed by atoms with Crippen LogP contribution in [0.2, 0.25) is 0 Å². The summed E-state index contributed by atoms with van der Waals surface area (Å²) in [6.07, 6.45) is 7.18. The van der Waals surface area contributed by atoms with Crippen molar-refractivity contribution < 1.29 is 32.9 Å². The molecule has 41 heavy (non-hydrogen) atoms. The van der Waals surface area contributed by atoms with Crippen LogP contribution in [0, 0.1) is 5.82 Å². The Morgan fingerprint density at radius 3 is 2.20 bits per heavy atom. The molecule has 0 saturated carbocycles. The Kier molecular flexibility index (Phi) is 12.8. The van der Waals surface area contributed by atoms with Crippen LogP contribution in [0.5, 0.6) is 11.5 Å². The Labute approximate surface area is 241 Å². The molecule has 0 atom stereocenters. The van der Waals surface area contributed by atoms with Crippen molar-refractivity contribution in [2.24, 2.45) is 0 Å².